The Morgan fingerprint density at radius 3 is 2.15 bits per heavy atom. The summed E-state index contributed by atoms with van der Waals surface area (Å²) < 4.78 is 36.6. The van der Waals surface area contributed by atoms with Crippen LogP contribution in [-0.4, -0.2) is 64.8 Å². The Labute approximate surface area is 283 Å². The Morgan fingerprint density at radius 1 is 0.979 bits per heavy atom. The Hall–Kier alpha value is -2.82. The van der Waals surface area contributed by atoms with Crippen LogP contribution in [0.25, 0.3) is 0 Å². The molecule has 1 fully saturated rings. The Morgan fingerprint density at radius 2 is 1.57 bits per heavy atom. The van der Waals surface area contributed by atoms with Gasteiger partial charge in [0.2, 0.25) is 0 Å². The summed E-state index contributed by atoms with van der Waals surface area (Å²) in [5.41, 5.74) is 0.440. The van der Waals surface area contributed by atoms with Crippen LogP contribution in [0.1, 0.15) is 72.4 Å². The highest BCUT2D eigenvalue weighted by atomic mass is 28.4. The quantitative estimate of drug-likeness (QED) is 0.108. The molecule has 1 aliphatic rings. The molecule has 8 nitrogen and oxygen atoms in total. The number of ketones is 1. The lowest BCUT2D eigenvalue weighted by molar-refractivity contribution is -0.192. The number of benzene rings is 2. The first-order chi connectivity index (χ1) is 21.9. The van der Waals surface area contributed by atoms with Crippen molar-refractivity contribution in [2.45, 2.75) is 117 Å². The van der Waals surface area contributed by atoms with Crippen LogP contribution >= 0.6 is 0 Å². The van der Waals surface area contributed by atoms with E-state index >= 15 is 0 Å². The largest absolute Gasteiger partial charge is 0.497 e. The highest BCUT2D eigenvalue weighted by Gasteiger charge is 2.54. The van der Waals surface area contributed by atoms with Crippen molar-refractivity contribution >= 4 is 20.1 Å². The number of rotatable bonds is 15. The highest BCUT2D eigenvalue weighted by Crippen LogP contribution is 2.45. The van der Waals surface area contributed by atoms with Crippen molar-refractivity contribution in [2.24, 2.45) is 5.41 Å². The van der Waals surface area contributed by atoms with Crippen LogP contribution in [0.4, 0.5) is 0 Å². The standard InChI is InChI=1S/C38H56O8Si/c1-27(43-24-28-15-13-12-14-16-28)33(44-25-29-17-19-31(41-8)20-18-29)23-32-21-30(22-34(39)42-9)35(40)38(7,46-32)37(5,6)26-45-47(10,11)36(2,3)4/h12-20,22,27,32-33H,21,23-26H2,1-11H3/b30-22+/t27-,32-,33?,38?/m0/s1. The molecule has 1 heterocycles. The van der Waals surface area contributed by atoms with Crippen LogP contribution in [0, 0.1) is 5.41 Å². The fourth-order valence-corrected chi connectivity index (χ4v) is 6.36. The number of hydrogen-bond donors (Lipinski definition) is 0. The van der Waals surface area contributed by atoms with Gasteiger partial charge in [-0.1, -0.05) is 77.1 Å². The zero-order valence-corrected chi connectivity index (χ0v) is 31.3. The van der Waals surface area contributed by atoms with E-state index in [2.05, 4.69) is 33.9 Å². The molecule has 0 N–H and O–H groups in total. The molecule has 0 aliphatic carbocycles. The maximum absolute atomic E-state index is 14.1. The predicted octanol–water partition coefficient (Wildman–Crippen LogP) is 7.84. The van der Waals surface area contributed by atoms with Crippen molar-refractivity contribution in [3.63, 3.8) is 0 Å². The van der Waals surface area contributed by atoms with Crippen LogP contribution in [0.15, 0.2) is 66.2 Å². The second-order valence-electron chi connectivity index (χ2n) is 14.9. The fourth-order valence-electron chi connectivity index (χ4n) is 5.20. The monoisotopic (exact) mass is 668 g/mol. The van der Waals surface area contributed by atoms with Gasteiger partial charge in [0, 0.05) is 36.5 Å². The summed E-state index contributed by atoms with van der Waals surface area (Å²) in [6.45, 7) is 19.9. The summed E-state index contributed by atoms with van der Waals surface area (Å²) in [5.74, 6) is -0.0277. The lowest BCUT2D eigenvalue weighted by atomic mass is 9.69. The first-order valence-corrected chi connectivity index (χ1v) is 19.4. The van der Waals surface area contributed by atoms with Gasteiger partial charge in [-0.25, -0.2) is 4.79 Å². The molecule has 0 aromatic heterocycles. The van der Waals surface area contributed by atoms with Crippen molar-refractivity contribution in [1.82, 2.24) is 0 Å². The number of esters is 1. The predicted molar refractivity (Wildman–Crippen MR) is 187 cm³/mol. The molecular formula is C38H56O8Si. The van der Waals surface area contributed by atoms with Crippen molar-refractivity contribution in [2.75, 3.05) is 20.8 Å². The molecule has 47 heavy (non-hydrogen) atoms. The topological polar surface area (TPSA) is 89.5 Å². The van der Waals surface area contributed by atoms with Gasteiger partial charge in [-0.2, -0.15) is 0 Å². The number of hydrogen-bond acceptors (Lipinski definition) is 8. The average molecular weight is 669 g/mol. The number of Topliss-reactive ketones (excluding diaryl/α,β-unsaturated/α-hetero) is 1. The molecule has 0 radical (unpaired) electrons. The fraction of sp³-hybridized carbons (Fsp3) is 0.579. The van der Waals surface area contributed by atoms with Gasteiger partial charge in [-0.3, -0.25) is 4.79 Å². The molecule has 2 aromatic rings. The summed E-state index contributed by atoms with van der Waals surface area (Å²) >= 11 is 0. The summed E-state index contributed by atoms with van der Waals surface area (Å²) in [5, 5.41) is 0.00420. The van der Waals surface area contributed by atoms with E-state index in [0.29, 0.717) is 31.8 Å². The molecule has 3 rings (SSSR count). The van der Waals surface area contributed by atoms with E-state index in [4.69, 9.17) is 28.1 Å². The third-order valence-electron chi connectivity index (χ3n) is 9.96. The Balaban J connectivity index is 1.91. The maximum atomic E-state index is 14.1. The normalized spacial score (nSPS) is 21.4. The van der Waals surface area contributed by atoms with Crippen molar-refractivity contribution in [3.05, 3.63) is 77.4 Å². The Kier molecular flexibility index (Phi) is 13.2. The number of methoxy groups -OCH3 is 2. The van der Waals surface area contributed by atoms with Crippen LogP contribution < -0.4 is 4.74 Å². The first kappa shape index (κ1) is 38.6. The molecule has 260 valence electrons. The lowest BCUT2D eigenvalue weighted by Crippen LogP contribution is -2.59. The molecule has 2 unspecified atom stereocenters. The van der Waals surface area contributed by atoms with Crippen LogP contribution in [-0.2, 0) is 46.2 Å². The van der Waals surface area contributed by atoms with Gasteiger partial charge in [0.05, 0.1) is 45.7 Å². The molecule has 2 aromatic carbocycles. The number of carbonyl (C=O) groups excluding carboxylic acids is 2. The minimum absolute atomic E-state index is 0.00420. The van der Waals surface area contributed by atoms with Crippen LogP contribution in [0.3, 0.4) is 0 Å². The van der Waals surface area contributed by atoms with Gasteiger partial charge in [0.25, 0.3) is 0 Å². The van der Waals surface area contributed by atoms with E-state index < -0.39 is 31.4 Å². The van der Waals surface area contributed by atoms with Gasteiger partial charge in [0.1, 0.15) is 11.4 Å². The zero-order chi connectivity index (χ0) is 35.0. The summed E-state index contributed by atoms with van der Waals surface area (Å²) in [6, 6.07) is 17.8. The third kappa shape index (κ3) is 10.1. The van der Waals surface area contributed by atoms with E-state index in [0.717, 1.165) is 16.9 Å². The summed E-state index contributed by atoms with van der Waals surface area (Å²) in [7, 11) is 0.823. The van der Waals surface area contributed by atoms with Gasteiger partial charge >= 0.3 is 5.97 Å². The molecule has 0 spiro atoms. The molecule has 1 saturated heterocycles. The van der Waals surface area contributed by atoms with E-state index in [1.807, 2.05) is 82.3 Å². The lowest BCUT2D eigenvalue weighted by Gasteiger charge is -2.50. The second-order valence-corrected chi connectivity index (χ2v) is 19.7. The Bertz CT molecular complexity index is 1350. The molecule has 0 bridgehead atoms. The smallest absolute Gasteiger partial charge is 0.330 e. The molecule has 1 aliphatic heterocycles. The van der Waals surface area contributed by atoms with Crippen molar-refractivity contribution in [3.8, 4) is 5.75 Å². The second kappa shape index (κ2) is 16.1. The maximum Gasteiger partial charge on any atom is 0.330 e. The van der Waals surface area contributed by atoms with Crippen LogP contribution in [0.5, 0.6) is 5.75 Å². The number of ether oxygens (including phenoxy) is 5. The van der Waals surface area contributed by atoms with E-state index in [1.165, 1.54) is 13.2 Å². The summed E-state index contributed by atoms with van der Waals surface area (Å²) in [4.78, 5) is 26.6. The molecule has 0 amide bonds. The minimum Gasteiger partial charge on any atom is -0.497 e. The molecule has 4 atom stereocenters. The van der Waals surface area contributed by atoms with Crippen molar-refractivity contribution in [1.29, 1.82) is 0 Å². The zero-order valence-electron chi connectivity index (χ0n) is 30.3. The third-order valence-corrected chi connectivity index (χ3v) is 14.4. The molecule has 0 saturated carbocycles. The van der Waals surface area contributed by atoms with Gasteiger partial charge in [-0.15, -0.1) is 0 Å². The summed E-state index contributed by atoms with van der Waals surface area (Å²) in [6.07, 6.45) is 0.870. The van der Waals surface area contributed by atoms with Gasteiger partial charge in [0.15, 0.2) is 14.1 Å². The molecular weight excluding hydrogens is 612 g/mol. The van der Waals surface area contributed by atoms with Crippen molar-refractivity contribution < 1.29 is 37.7 Å². The van der Waals surface area contributed by atoms with E-state index in [-0.39, 0.29) is 29.5 Å². The van der Waals surface area contributed by atoms with Gasteiger partial charge < -0.3 is 28.1 Å². The average Bonchev–Trinajstić information content (AvgIpc) is 3.03. The van der Waals surface area contributed by atoms with Gasteiger partial charge in [-0.05, 0) is 55.2 Å². The van der Waals surface area contributed by atoms with Crippen LogP contribution in [0.2, 0.25) is 18.1 Å². The molecule has 9 heteroatoms. The highest BCUT2D eigenvalue weighted by molar-refractivity contribution is 6.74. The van der Waals surface area contributed by atoms with E-state index in [9.17, 15) is 9.59 Å². The first-order valence-electron chi connectivity index (χ1n) is 16.5. The minimum atomic E-state index is -2.13. The van der Waals surface area contributed by atoms with E-state index in [1.54, 1.807) is 7.11 Å². The number of carbonyl (C=O) groups is 2. The SMILES string of the molecule is COC(=O)/C=C1\C[C@@H](CC(OCc2ccc(OC)cc2)[C@H](C)OCc2ccccc2)OC(C)(C(C)(C)CO[Si](C)(C)C(C)(C)C)C1=O.